The maximum Gasteiger partial charge on any atom is 0.0587 e. The minimum absolute atomic E-state index is 0.513. The zero-order chi connectivity index (χ0) is 13.9. The van der Waals surface area contributed by atoms with Gasteiger partial charge >= 0.3 is 0 Å². The van der Waals surface area contributed by atoms with Gasteiger partial charge in [-0.2, -0.15) is 0 Å². The Labute approximate surface area is 117 Å². The van der Waals surface area contributed by atoms with Crippen LogP contribution in [0.25, 0.3) is 0 Å². The molecule has 0 amide bonds. The Morgan fingerprint density at radius 3 is 2.84 bits per heavy atom. The zero-order valence-electron chi connectivity index (χ0n) is 12.4. The Kier molecular flexibility index (Phi) is 8.47. The van der Waals surface area contributed by atoms with Crippen molar-refractivity contribution >= 4 is 0 Å². The molecule has 0 saturated heterocycles. The van der Waals surface area contributed by atoms with Crippen LogP contribution in [0.1, 0.15) is 18.1 Å². The highest BCUT2D eigenvalue weighted by molar-refractivity contribution is 5.22. The van der Waals surface area contributed by atoms with Crippen molar-refractivity contribution in [2.45, 2.75) is 20.3 Å². The van der Waals surface area contributed by atoms with Gasteiger partial charge < -0.3 is 14.8 Å². The van der Waals surface area contributed by atoms with E-state index in [1.807, 2.05) is 6.92 Å². The first-order valence-corrected chi connectivity index (χ1v) is 7.09. The smallest absolute Gasteiger partial charge is 0.0587 e. The van der Waals surface area contributed by atoms with Crippen LogP contribution in [0.3, 0.4) is 0 Å². The largest absolute Gasteiger partial charge is 0.383 e. The summed E-state index contributed by atoms with van der Waals surface area (Å²) in [6.45, 7) is 8.39. The van der Waals surface area contributed by atoms with E-state index in [1.165, 1.54) is 11.1 Å². The summed E-state index contributed by atoms with van der Waals surface area (Å²) in [7, 11) is 1.73. The molecule has 1 N–H and O–H groups in total. The van der Waals surface area contributed by atoms with Gasteiger partial charge in [0.05, 0.1) is 13.2 Å². The average molecular weight is 265 g/mol. The molecule has 3 nitrogen and oxygen atoms in total. The Bertz CT molecular complexity index is 341. The van der Waals surface area contributed by atoms with Gasteiger partial charge in [-0.15, -0.1) is 0 Å². The first-order valence-electron chi connectivity index (χ1n) is 7.09. The molecule has 0 aliphatic rings. The molecule has 1 rings (SSSR count). The minimum atomic E-state index is 0.513. The first-order chi connectivity index (χ1) is 9.26. The summed E-state index contributed by atoms with van der Waals surface area (Å²) in [6, 6.07) is 8.72. The zero-order valence-corrected chi connectivity index (χ0v) is 12.4. The van der Waals surface area contributed by atoms with Crippen LogP contribution in [-0.2, 0) is 15.9 Å². The van der Waals surface area contributed by atoms with Crippen LogP contribution in [0.15, 0.2) is 24.3 Å². The fourth-order valence-corrected chi connectivity index (χ4v) is 2.13. The highest BCUT2D eigenvalue weighted by atomic mass is 16.5. The summed E-state index contributed by atoms with van der Waals surface area (Å²) in [5.74, 6) is 0.513. The standard InChI is InChI=1S/C16H27NO2/c1-4-19-13-16(12-17-8-9-18-3)11-15-7-5-6-14(2)10-15/h5-7,10,16-17H,4,8-9,11-13H2,1-3H3. The predicted octanol–water partition coefficient (Wildman–Crippen LogP) is 2.43. The fourth-order valence-electron chi connectivity index (χ4n) is 2.13. The van der Waals surface area contributed by atoms with Crippen molar-refractivity contribution in [3.63, 3.8) is 0 Å². The molecule has 1 aromatic rings. The maximum atomic E-state index is 5.58. The highest BCUT2D eigenvalue weighted by Crippen LogP contribution is 2.11. The first kappa shape index (κ1) is 16.2. The number of rotatable bonds is 10. The van der Waals surface area contributed by atoms with Crippen molar-refractivity contribution < 1.29 is 9.47 Å². The lowest BCUT2D eigenvalue weighted by molar-refractivity contribution is 0.108. The molecule has 0 heterocycles. The van der Waals surface area contributed by atoms with E-state index in [-0.39, 0.29) is 0 Å². The summed E-state index contributed by atoms with van der Waals surface area (Å²) in [4.78, 5) is 0. The Hall–Kier alpha value is -0.900. The quantitative estimate of drug-likeness (QED) is 0.659. The SMILES string of the molecule is CCOCC(CNCCOC)Cc1cccc(C)c1. The second kappa shape index (κ2) is 9.96. The molecule has 0 aromatic heterocycles. The van der Waals surface area contributed by atoms with Gasteiger partial charge in [-0.25, -0.2) is 0 Å². The molecule has 0 aliphatic heterocycles. The number of ether oxygens (including phenoxy) is 2. The fraction of sp³-hybridized carbons (Fsp3) is 0.625. The maximum absolute atomic E-state index is 5.58. The molecular formula is C16H27NO2. The third-order valence-corrected chi connectivity index (χ3v) is 3.08. The predicted molar refractivity (Wildman–Crippen MR) is 79.6 cm³/mol. The van der Waals surface area contributed by atoms with E-state index in [1.54, 1.807) is 7.11 Å². The van der Waals surface area contributed by atoms with Gasteiger partial charge in [0.25, 0.3) is 0 Å². The topological polar surface area (TPSA) is 30.5 Å². The molecular weight excluding hydrogens is 238 g/mol. The lowest BCUT2D eigenvalue weighted by atomic mass is 9.98. The van der Waals surface area contributed by atoms with Crippen molar-refractivity contribution in [1.82, 2.24) is 5.32 Å². The number of benzene rings is 1. The molecule has 0 saturated carbocycles. The summed E-state index contributed by atoms with van der Waals surface area (Å²) in [6.07, 6.45) is 1.06. The van der Waals surface area contributed by atoms with E-state index in [0.29, 0.717) is 5.92 Å². The minimum Gasteiger partial charge on any atom is -0.383 e. The molecule has 0 spiro atoms. The number of methoxy groups -OCH3 is 1. The van der Waals surface area contributed by atoms with Gasteiger partial charge in [-0.3, -0.25) is 0 Å². The normalized spacial score (nSPS) is 12.6. The summed E-state index contributed by atoms with van der Waals surface area (Å²) < 4.78 is 10.6. The van der Waals surface area contributed by atoms with Crippen molar-refractivity contribution in [2.75, 3.05) is 40.0 Å². The summed E-state index contributed by atoms with van der Waals surface area (Å²) in [5, 5.41) is 3.43. The van der Waals surface area contributed by atoms with Crippen molar-refractivity contribution in [1.29, 1.82) is 0 Å². The van der Waals surface area contributed by atoms with Gasteiger partial charge in [0, 0.05) is 26.8 Å². The van der Waals surface area contributed by atoms with Gasteiger partial charge in [0.2, 0.25) is 0 Å². The van der Waals surface area contributed by atoms with Crippen LogP contribution >= 0.6 is 0 Å². The van der Waals surface area contributed by atoms with Gasteiger partial charge in [0.15, 0.2) is 0 Å². The molecule has 0 radical (unpaired) electrons. The molecule has 19 heavy (non-hydrogen) atoms. The van der Waals surface area contributed by atoms with Crippen LogP contribution in [0, 0.1) is 12.8 Å². The number of nitrogens with one attached hydrogen (secondary N) is 1. The molecule has 0 fully saturated rings. The van der Waals surface area contributed by atoms with E-state index in [2.05, 4.69) is 36.5 Å². The number of hydrogen-bond donors (Lipinski definition) is 1. The monoisotopic (exact) mass is 265 g/mol. The Morgan fingerprint density at radius 1 is 1.32 bits per heavy atom. The van der Waals surface area contributed by atoms with E-state index in [4.69, 9.17) is 9.47 Å². The van der Waals surface area contributed by atoms with Crippen LogP contribution in [0.2, 0.25) is 0 Å². The summed E-state index contributed by atoms with van der Waals surface area (Å²) in [5.41, 5.74) is 2.71. The highest BCUT2D eigenvalue weighted by Gasteiger charge is 2.09. The number of aryl methyl sites for hydroxylation is 1. The third-order valence-electron chi connectivity index (χ3n) is 3.08. The van der Waals surface area contributed by atoms with Crippen molar-refractivity contribution in [3.8, 4) is 0 Å². The molecule has 0 bridgehead atoms. The van der Waals surface area contributed by atoms with Gasteiger partial charge in [-0.1, -0.05) is 29.8 Å². The molecule has 0 aliphatic carbocycles. The lowest BCUT2D eigenvalue weighted by Crippen LogP contribution is -2.30. The van der Waals surface area contributed by atoms with Crippen molar-refractivity contribution in [2.24, 2.45) is 5.92 Å². The second-order valence-electron chi connectivity index (χ2n) is 4.92. The van der Waals surface area contributed by atoms with E-state index in [9.17, 15) is 0 Å². The third kappa shape index (κ3) is 7.31. The number of hydrogen-bond acceptors (Lipinski definition) is 3. The summed E-state index contributed by atoms with van der Waals surface area (Å²) >= 11 is 0. The molecule has 1 unspecified atom stereocenters. The molecule has 1 aromatic carbocycles. The second-order valence-corrected chi connectivity index (χ2v) is 4.92. The average Bonchev–Trinajstić information content (AvgIpc) is 2.40. The van der Waals surface area contributed by atoms with Gasteiger partial charge in [-0.05, 0) is 31.7 Å². The Balaban J connectivity index is 2.43. The lowest BCUT2D eigenvalue weighted by Gasteiger charge is -2.18. The van der Waals surface area contributed by atoms with E-state index < -0.39 is 0 Å². The van der Waals surface area contributed by atoms with E-state index >= 15 is 0 Å². The van der Waals surface area contributed by atoms with Crippen LogP contribution in [0.4, 0.5) is 0 Å². The Morgan fingerprint density at radius 2 is 2.16 bits per heavy atom. The molecule has 108 valence electrons. The van der Waals surface area contributed by atoms with Gasteiger partial charge in [0.1, 0.15) is 0 Å². The van der Waals surface area contributed by atoms with E-state index in [0.717, 1.165) is 39.3 Å². The van der Waals surface area contributed by atoms with Crippen molar-refractivity contribution in [3.05, 3.63) is 35.4 Å². The van der Waals surface area contributed by atoms with Crippen LogP contribution in [0.5, 0.6) is 0 Å². The molecule has 1 atom stereocenters. The van der Waals surface area contributed by atoms with Crippen LogP contribution in [-0.4, -0.2) is 40.0 Å². The van der Waals surface area contributed by atoms with Crippen LogP contribution < -0.4 is 5.32 Å². The molecule has 3 heteroatoms.